The number of nitrogens with two attached hydrogens (primary N) is 1. The van der Waals surface area contributed by atoms with Gasteiger partial charge in [-0.1, -0.05) is 153 Å². The Kier molecular flexibility index (Phi) is 19.2. The number of nitriles is 1. The fraction of sp³-hybridized carbons (Fsp3) is 0.324. The Balaban J connectivity index is 0.000000251. The lowest BCUT2D eigenvalue weighted by Crippen LogP contribution is -2.30. The summed E-state index contributed by atoms with van der Waals surface area (Å²) in [4.78, 5) is 2.41. The van der Waals surface area contributed by atoms with E-state index in [1.165, 1.54) is 31.7 Å². The van der Waals surface area contributed by atoms with Crippen LogP contribution in [-0.2, 0) is 0 Å². The lowest BCUT2D eigenvalue weighted by Gasteiger charge is -2.32. The highest BCUT2D eigenvalue weighted by molar-refractivity contribution is 9.09. The zero-order valence-electron chi connectivity index (χ0n) is 25.4. The summed E-state index contributed by atoms with van der Waals surface area (Å²) in [5, 5.41) is 30.5. The molecule has 0 aromatic heterocycles. The van der Waals surface area contributed by atoms with Gasteiger partial charge in [-0.15, -0.1) is 0 Å². The highest BCUT2D eigenvalue weighted by Crippen LogP contribution is 2.36. The Morgan fingerprint density at radius 2 is 1.00 bits per heavy atom. The lowest BCUT2D eigenvalue weighted by molar-refractivity contribution is 0.0607. The Hall–Kier alpha value is -2.83. The summed E-state index contributed by atoms with van der Waals surface area (Å²) in [6.45, 7) is 3.58. The van der Waals surface area contributed by atoms with E-state index in [0.29, 0.717) is 0 Å². The van der Waals surface area contributed by atoms with Crippen LogP contribution in [0.4, 0.5) is 0 Å². The molecule has 234 valence electrons. The van der Waals surface area contributed by atoms with Gasteiger partial charge in [0.1, 0.15) is 0 Å². The predicted molar refractivity (Wildman–Crippen MR) is 190 cm³/mol. The van der Waals surface area contributed by atoms with Crippen molar-refractivity contribution < 1.29 is 10.2 Å². The third-order valence-corrected chi connectivity index (χ3v) is 8.17. The summed E-state index contributed by atoms with van der Waals surface area (Å²) in [6.07, 6.45) is 2.54. The second-order valence-corrected chi connectivity index (χ2v) is 11.8. The molecule has 4 aromatic carbocycles. The van der Waals surface area contributed by atoms with Crippen LogP contribution < -0.4 is 5.73 Å². The molecule has 7 heteroatoms. The second kappa shape index (κ2) is 22.6. The van der Waals surface area contributed by atoms with Gasteiger partial charge in [0.15, 0.2) is 0 Å². The first-order valence-corrected chi connectivity index (χ1v) is 17.2. The SMILES string of the molecule is BrCCCBr.CC#N.NC(c1ccccc1)C(O)c1ccccc1.OC(c1ccccc1)C(c1ccccc1)N1CCCC1. The van der Waals surface area contributed by atoms with Crippen molar-refractivity contribution in [1.29, 1.82) is 5.26 Å². The summed E-state index contributed by atoms with van der Waals surface area (Å²) in [5.74, 6) is 0. The van der Waals surface area contributed by atoms with E-state index in [4.69, 9.17) is 11.0 Å². The minimum atomic E-state index is -0.663. The summed E-state index contributed by atoms with van der Waals surface area (Å²) in [5.41, 5.74) is 10.0. The molecule has 4 atom stereocenters. The van der Waals surface area contributed by atoms with E-state index >= 15 is 0 Å². The summed E-state index contributed by atoms with van der Waals surface area (Å²) < 4.78 is 0. The molecule has 0 amide bonds. The van der Waals surface area contributed by atoms with Crippen molar-refractivity contribution in [2.45, 2.75) is 50.5 Å². The zero-order valence-corrected chi connectivity index (χ0v) is 28.6. The number of rotatable bonds is 9. The van der Waals surface area contributed by atoms with E-state index in [9.17, 15) is 10.2 Å². The van der Waals surface area contributed by atoms with Crippen molar-refractivity contribution in [3.05, 3.63) is 144 Å². The third kappa shape index (κ3) is 13.0. The Morgan fingerprint density at radius 1 is 0.659 bits per heavy atom. The summed E-state index contributed by atoms with van der Waals surface area (Å²) >= 11 is 6.56. The highest BCUT2D eigenvalue weighted by atomic mass is 79.9. The molecule has 4 unspecified atom stereocenters. The number of likely N-dealkylation sites (tertiary alicyclic amines) is 1. The Morgan fingerprint density at radius 3 is 1.36 bits per heavy atom. The number of aliphatic hydroxyl groups is 2. The van der Waals surface area contributed by atoms with Crippen LogP contribution in [0.3, 0.4) is 0 Å². The number of alkyl halides is 2. The van der Waals surface area contributed by atoms with Crippen LogP contribution in [0.25, 0.3) is 0 Å². The van der Waals surface area contributed by atoms with Gasteiger partial charge in [0, 0.05) is 17.6 Å². The molecule has 44 heavy (non-hydrogen) atoms. The monoisotopic (exact) mass is 721 g/mol. The van der Waals surface area contributed by atoms with E-state index in [0.717, 1.165) is 40.4 Å². The van der Waals surface area contributed by atoms with Crippen LogP contribution in [-0.4, -0.2) is 38.9 Å². The molecule has 0 saturated carbocycles. The van der Waals surface area contributed by atoms with Gasteiger partial charge >= 0.3 is 0 Å². The normalized spacial score (nSPS) is 14.9. The minimum absolute atomic E-state index is 0.0566. The maximum Gasteiger partial charge on any atom is 0.0986 e. The number of hydrogen-bond donors (Lipinski definition) is 3. The molecule has 1 aliphatic heterocycles. The lowest BCUT2D eigenvalue weighted by atomic mass is 9.94. The van der Waals surface area contributed by atoms with E-state index in [-0.39, 0.29) is 12.1 Å². The first-order chi connectivity index (χ1) is 21.5. The van der Waals surface area contributed by atoms with Crippen molar-refractivity contribution >= 4 is 31.9 Å². The van der Waals surface area contributed by atoms with Crippen molar-refractivity contribution in [3.8, 4) is 6.07 Å². The number of aliphatic hydroxyl groups excluding tert-OH is 2. The maximum atomic E-state index is 10.9. The average Bonchev–Trinajstić information content (AvgIpc) is 3.62. The molecule has 1 heterocycles. The van der Waals surface area contributed by atoms with Crippen LogP contribution in [0.5, 0.6) is 0 Å². The fourth-order valence-corrected chi connectivity index (χ4v) is 6.17. The van der Waals surface area contributed by atoms with Crippen molar-refractivity contribution in [2.75, 3.05) is 23.7 Å². The van der Waals surface area contributed by atoms with Crippen LogP contribution >= 0.6 is 31.9 Å². The molecular weight excluding hydrogens is 678 g/mol. The third-order valence-electron chi connectivity index (χ3n) is 7.05. The molecule has 0 aliphatic carbocycles. The van der Waals surface area contributed by atoms with Gasteiger partial charge in [-0.25, -0.2) is 0 Å². The van der Waals surface area contributed by atoms with Crippen molar-refractivity contribution in [3.63, 3.8) is 0 Å². The molecule has 1 saturated heterocycles. The first-order valence-electron chi connectivity index (χ1n) is 15.0. The van der Waals surface area contributed by atoms with Gasteiger partial charge in [-0.3, -0.25) is 4.90 Å². The molecular formula is C37H45Br2N3O2. The molecule has 4 aromatic rings. The van der Waals surface area contributed by atoms with Crippen LogP contribution in [0.2, 0.25) is 0 Å². The number of hydrogen-bond acceptors (Lipinski definition) is 5. The predicted octanol–water partition coefficient (Wildman–Crippen LogP) is 8.67. The van der Waals surface area contributed by atoms with Crippen molar-refractivity contribution in [1.82, 2.24) is 4.90 Å². The minimum Gasteiger partial charge on any atom is -0.386 e. The summed E-state index contributed by atoms with van der Waals surface area (Å²) in [7, 11) is 0. The number of nitrogens with zero attached hydrogens (tertiary/aromatic N) is 2. The molecule has 0 radical (unpaired) electrons. The van der Waals surface area contributed by atoms with E-state index in [1.54, 1.807) is 6.07 Å². The molecule has 5 rings (SSSR count). The van der Waals surface area contributed by atoms with Gasteiger partial charge < -0.3 is 15.9 Å². The highest BCUT2D eigenvalue weighted by Gasteiger charge is 2.30. The topological polar surface area (TPSA) is 93.5 Å². The van der Waals surface area contributed by atoms with Gasteiger partial charge in [0.2, 0.25) is 0 Å². The van der Waals surface area contributed by atoms with Crippen LogP contribution in [0, 0.1) is 11.3 Å². The molecule has 0 spiro atoms. The first kappa shape index (κ1) is 37.4. The van der Waals surface area contributed by atoms with E-state index in [1.807, 2.05) is 97.1 Å². The van der Waals surface area contributed by atoms with Gasteiger partial charge in [-0.2, -0.15) is 5.26 Å². The Bertz CT molecular complexity index is 1240. The van der Waals surface area contributed by atoms with Crippen molar-refractivity contribution in [2.24, 2.45) is 5.73 Å². The van der Waals surface area contributed by atoms with Crippen LogP contribution in [0.1, 0.15) is 72.7 Å². The molecule has 1 fully saturated rings. The summed E-state index contributed by atoms with van der Waals surface area (Å²) in [6, 6.07) is 40.9. The molecule has 0 bridgehead atoms. The maximum absolute atomic E-state index is 10.9. The zero-order chi connectivity index (χ0) is 32.0. The quantitative estimate of drug-likeness (QED) is 0.150. The van der Waals surface area contributed by atoms with Gasteiger partial charge in [-0.05, 0) is 54.6 Å². The average molecular weight is 724 g/mol. The second-order valence-electron chi connectivity index (χ2n) is 10.2. The molecule has 1 aliphatic rings. The van der Waals surface area contributed by atoms with E-state index < -0.39 is 12.2 Å². The fourth-order valence-electron chi connectivity index (χ4n) is 4.86. The standard InChI is InChI=1S/C18H21NO.C14H15NO.C3H6Br2.C2H3N/c20-18(16-11-5-2-6-12-16)17(19-13-7-8-14-19)15-9-3-1-4-10-15;15-13(11-7-3-1-4-8-11)14(16)12-9-5-2-6-10-12;4-2-1-3-5;1-2-3/h1-6,9-12,17-18,20H,7-8,13-14H2;1-10,13-14,16H,15H2;1-3H2;1H3. The van der Waals surface area contributed by atoms with Crippen LogP contribution in [0.15, 0.2) is 121 Å². The Labute approximate surface area is 280 Å². The van der Waals surface area contributed by atoms with Gasteiger partial charge in [0.25, 0.3) is 0 Å². The smallest absolute Gasteiger partial charge is 0.0986 e. The number of halogens is 2. The molecule has 4 N–H and O–H groups in total. The largest absolute Gasteiger partial charge is 0.386 e. The molecule has 5 nitrogen and oxygen atoms in total. The van der Waals surface area contributed by atoms with Gasteiger partial charge in [0.05, 0.1) is 30.4 Å². The number of benzene rings is 4. The van der Waals surface area contributed by atoms with E-state index in [2.05, 4.69) is 61.0 Å².